The van der Waals surface area contributed by atoms with Crippen LogP contribution < -0.4 is 5.32 Å². The second-order valence-corrected chi connectivity index (χ2v) is 5.80. The molecule has 0 saturated heterocycles. The molecule has 1 aromatic heterocycles. The SMILES string of the molecule is CC(C)(O)C(C)(C)NC(=O)c1cccc(Br)n1. The monoisotopic (exact) mass is 300 g/mol. The van der Waals surface area contributed by atoms with E-state index in [-0.39, 0.29) is 5.91 Å². The van der Waals surface area contributed by atoms with E-state index in [0.29, 0.717) is 10.3 Å². The molecule has 0 radical (unpaired) electrons. The second kappa shape index (κ2) is 4.74. The average molecular weight is 301 g/mol. The van der Waals surface area contributed by atoms with Crippen LogP contribution in [0.3, 0.4) is 0 Å². The number of halogens is 1. The Bertz CT molecular complexity index is 425. The number of nitrogens with zero attached hydrogens (tertiary/aromatic N) is 1. The normalized spacial score (nSPS) is 12.4. The first-order valence-corrected chi connectivity index (χ1v) is 6.10. The number of rotatable bonds is 3. The van der Waals surface area contributed by atoms with E-state index in [1.54, 1.807) is 45.9 Å². The van der Waals surface area contributed by atoms with Gasteiger partial charge in [-0.3, -0.25) is 4.79 Å². The minimum atomic E-state index is -1.02. The maximum Gasteiger partial charge on any atom is 0.270 e. The lowest BCUT2D eigenvalue weighted by Crippen LogP contribution is -2.57. The van der Waals surface area contributed by atoms with Crippen molar-refractivity contribution in [3.05, 3.63) is 28.5 Å². The molecular weight excluding hydrogens is 284 g/mol. The molecule has 1 aromatic rings. The molecule has 2 N–H and O–H groups in total. The van der Waals surface area contributed by atoms with Gasteiger partial charge in [-0.1, -0.05) is 6.07 Å². The van der Waals surface area contributed by atoms with Gasteiger partial charge in [-0.25, -0.2) is 4.98 Å². The first-order valence-electron chi connectivity index (χ1n) is 5.31. The first-order chi connectivity index (χ1) is 7.63. The summed E-state index contributed by atoms with van der Waals surface area (Å²) < 4.78 is 0.603. The van der Waals surface area contributed by atoms with Crippen molar-refractivity contribution < 1.29 is 9.90 Å². The molecule has 0 aliphatic heterocycles. The summed E-state index contributed by atoms with van der Waals surface area (Å²) in [5, 5.41) is 12.7. The molecule has 0 aliphatic carbocycles. The van der Waals surface area contributed by atoms with Crippen molar-refractivity contribution in [2.75, 3.05) is 0 Å². The highest BCUT2D eigenvalue weighted by Gasteiger charge is 2.36. The standard InChI is InChI=1S/C12H17BrN2O2/c1-11(2,12(3,4)17)15-10(16)8-6-5-7-9(13)14-8/h5-7,17H,1-4H3,(H,15,16). The Morgan fingerprint density at radius 2 is 1.94 bits per heavy atom. The number of amides is 1. The number of carbonyl (C=O) groups excluding carboxylic acids is 1. The lowest BCUT2D eigenvalue weighted by atomic mass is 9.86. The number of aromatic nitrogens is 1. The van der Waals surface area contributed by atoms with E-state index < -0.39 is 11.1 Å². The molecule has 0 spiro atoms. The van der Waals surface area contributed by atoms with Gasteiger partial charge in [-0.2, -0.15) is 0 Å². The maximum absolute atomic E-state index is 12.0. The molecule has 4 nitrogen and oxygen atoms in total. The average Bonchev–Trinajstić information content (AvgIpc) is 2.15. The van der Waals surface area contributed by atoms with E-state index in [2.05, 4.69) is 26.2 Å². The van der Waals surface area contributed by atoms with Gasteiger partial charge in [-0.15, -0.1) is 0 Å². The third kappa shape index (κ3) is 3.51. The molecule has 1 heterocycles. The van der Waals surface area contributed by atoms with E-state index >= 15 is 0 Å². The third-order valence-corrected chi connectivity index (χ3v) is 3.34. The van der Waals surface area contributed by atoms with Crippen molar-refractivity contribution in [3.63, 3.8) is 0 Å². The van der Waals surface area contributed by atoms with Crippen LogP contribution >= 0.6 is 15.9 Å². The fourth-order valence-corrected chi connectivity index (χ4v) is 1.38. The summed E-state index contributed by atoms with van der Waals surface area (Å²) in [5.74, 6) is -0.307. The van der Waals surface area contributed by atoms with Gasteiger partial charge in [0.25, 0.3) is 5.91 Å². The zero-order valence-corrected chi connectivity index (χ0v) is 12.0. The van der Waals surface area contributed by atoms with E-state index in [1.165, 1.54) is 0 Å². The van der Waals surface area contributed by atoms with Crippen LogP contribution in [0.5, 0.6) is 0 Å². The second-order valence-electron chi connectivity index (χ2n) is 4.98. The lowest BCUT2D eigenvalue weighted by molar-refractivity contribution is -0.00302. The van der Waals surface area contributed by atoms with Crippen LogP contribution in [0.4, 0.5) is 0 Å². The molecule has 0 saturated carbocycles. The predicted molar refractivity (Wildman–Crippen MR) is 69.8 cm³/mol. The zero-order valence-electron chi connectivity index (χ0n) is 10.4. The summed E-state index contributed by atoms with van der Waals surface area (Å²) in [4.78, 5) is 16.0. The van der Waals surface area contributed by atoms with Crippen molar-refractivity contribution in [3.8, 4) is 0 Å². The molecule has 94 valence electrons. The molecule has 1 rings (SSSR count). The van der Waals surface area contributed by atoms with Crippen LogP contribution in [0.2, 0.25) is 0 Å². The molecule has 1 amide bonds. The summed E-state index contributed by atoms with van der Waals surface area (Å²) in [6, 6.07) is 5.11. The molecule has 0 aromatic carbocycles. The Hall–Kier alpha value is -0.940. The van der Waals surface area contributed by atoms with Crippen molar-refractivity contribution >= 4 is 21.8 Å². The topological polar surface area (TPSA) is 62.2 Å². The first kappa shape index (κ1) is 14.1. The Kier molecular flexibility index (Phi) is 3.94. The minimum absolute atomic E-state index is 0.307. The molecule has 0 unspecified atom stereocenters. The number of hydrogen-bond acceptors (Lipinski definition) is 3. The van der Waals surface area contributed by atoms with Crippen LogP contribution in [0.25, 0.3) is 0 Å². The number of hydrogen-bond donors (Lipinski definition) is 2. The van der Waals surface area contributed by atoms with Gasteiger partial charge in [-0.05, 0) is 55.8 Å². The van der Waals surface area contributed by atoms with Gasteiger partial charge in [0, 0.05) is 0 Å². The number of carbonyl (C=O) groups is 1. The molecule has 17 heavy (non-hydrogen) atoms. The maximum atomic E-state index is 12.0. The molecule has 0 atom stereocenters. The van der Waals surface area contributed by atoms with Crippen molar-refractivity contribution in [2.45, 2.75) is 38.8 Å². The van der Waals surface area contributed by atoms with E-state index in [0.717, 1.165) is 0 Å². The predicted octanol–water partition coefficient (Wildman–Crippen LogP) is 2.12. The van der Waals surface area contributed by atoms with E-state index in [9.17, 15) is 9.90 Å². The quantitative estimate of drug-likeness (QED) is 0.841. The van der Waals surface area contributed by atoms with Gasteiger partial charge in [0.1, 0.15) is 10.3 Å². The largest absolute Gasteiger partial charge is 0.388 e. The van der Waals surface area contributed by atoms with Crippen molar-refractivity contribution in [2.24, 2.45) is 0 Å². The molecule has 0 aliphatic rings. The van der Waals surface area contributed by atoms with Crippen molar-refractivity contribution in [1.82, 2.24) is 10.3 Å². The van der Waals surface area contributed by atoms with Gasteiger partial charge >= 0.3 is 0 Å². The van der Waals surface area contributed by atoms with Gasteiger partial charge < -0.3 is 10.4 Å². The van der Waals surface area contributed by atoms with Crippen LogP contribution in [0.15, 0.2) is 22.8 Å². The summed E-state index contributed by atoms with van der Waals surface area (Å²) in [6.07, 6.45) is 0. The Balaban J connectivity index is 2.87. The summed E-state index contributed by atoms with van der Waals surface area (Å²) in [7, 11) is 0. The highest BCUT2D eigenvalue weighted by Crippen LogP contribution is 2.21. The fraction of sp³-hybridized carbons (Fsp3) is 0.500. The molecule has 0 bridgehead atoms. The van der Waals surface area contributed by atoms with Gasteiger partial charge in [0.05, 0.1) is 11.1 Å². The number of pyridine rings is 1. The number of nitrogens with one attached hydrogen (secondary N) is 1. The summed E-state index contributed by atoms with van der Waals surface area (Å²) in [6.45, 7) is 6.84. The molecule has 5 heteroatoms. The smallest absolute Gasteiger partial charge is 0.270 e. The highest BCUT2D eigenvalue weighted by molar-refractivity contribution is 9.10. The highest BCUT2D eigenvalue weighted by atomic mass is 79.9. The van der Waals surface area contributed by atoms with E-state index in [4.69, 9.17) is 0 Å². The van der Waals surface area contributed by atoms with Crippen molar-refractivity contribution in [1.29, 1.82) is 0 Å². The van der Waals surface area contributed by atoms with Gasteiger partial charge in [0.15, 0.2) is 0 Å². The third-order valence-electron chi connectivity index (χ3n) is 2.90. The van der Waals surface area contributed by atoms with Crippen LogP contribution in [0.1, 0.15) is 38.2 Å². The number of aliphatic hydroxyl groups is 1. The molecule has 0 fully saturated rings. The van der Waals surface area contributed by atoms with Crippen LogP contribution in [-0.2, 0) is 0 Å². The summed E-state index contributed by atoms with van der Waals surface area (Å²) in [5.41, 5.74) is -1.44. The van der Waals surface area contributed by atoms with Gasteiger partial charge in [0.2, 0.25) is 0 Å². The minimum Gasteiger partial charge on any atom is -0.388 e. The Morgan fingerprint density at radius 1 is 1.35 bits per heavy atom. The molecular formula is C12H17BrN2O2. The Labute approximate surface area is 110 Å². The van der Waals surface area contributed by atoms with Crippen LogP contribution in [0, 0.1) is 0 Å². The zero-order chi connectivity index (χ0) is 13.3. The van der Waals surface area contributed by atoms with Crippen LogP contribution in [-0.4, -0.2) is 27.1 Å². The lowest BCUT2D eigenvalue weighted by Gasteiger charge is -2.37. The summed E-state index contributed by atoms with van der Waals surface area (Å²) >= 11 is 3.21. The van der Waals surface area contributed by atoms with E-state index in [1.807, 2.05) is 0 Å². The fourth-order valence-electron chi connectivity index (χ4n) is 1.04. The Morgan fingerprint density at radius 3 is 2.41 bits per heavy atom.